The first-order chi connectivity index (χ1) is 7.44. The van der Waals surface area contributed by atoms with Crippen LogP contribution in [0.3, 0.4) is 0 Å². The van der Waals surface area contributed by atoms with Crippen molar-refractivity contribution in [2.24, 2.45) is 5.14 Å². The van der Waals surface area contributed by atoms with E-state index in [4.69, 9.17) is 15.6 Å². The SMILES string of the molecule is CCCOc1c(N)cccc1CS(N)(=O)=O. The molecule has 90 valence electrons. The van der Waals surface area contributed by atoms with Gasteiger partial charge in [-0.25, -0.2) is 13.6 Å². The third-order valence-electron chi connectivity index (χ3n) is 1.93. The summed E-state index contributed by atoms with van der Waals surface area (Å²) in [6, 6.07) is 4.98. The van der Waals surface area contributed by atoms with E-state index in [0.717, 1.165) is 6.42 Å². The molecule has 0 aliphatic carbocycles. The van der Waals surface area contributed by atoms with Gasteiger partial charge in [0, 0.05) is 5.56 Å². The molecule has 0 saturated heterocycles. The van der Waals surface area contributed by atoms with Crippen LogP contribution in [0, 0.1) is 0 Å². The van der Waals surface area contributed by atoms with Crippen LogP contribution in [0.1, 0.15) is 18.9 Å². The summed E-state index contributed by atoms with van der Waals surface area (Å²) in [6.45, 7) is 2.45. The van der Waals surface area contributed by atoms with Crippen LogP contribution in [0.15, 0.2) is 18.2 Å². The summed E-state index contributed by atoms with van der Waals surface area (Å²) in [5, 5.41) is 4.99. The third kappa shape index (κ3) is 3.71. The Balaban J connectivity index is 3.02. The maximum absolute atomic E-state index is 11.0. The molecule has 5 nitrogen and oxygen atoms in total. The van der Waals surface area contributed by atoms with Gasteiger partial charge in [0.05, 0.1) is 18.0 Å². The van der Waals surface area contributed by atoms with Crippen LogP contribution in [-0.2, 0) is 15.8 Å². The van der Waals surface area contributed by atoms with E-state index in [1.54, 1.807) is 18.2 Å². The molecule has 0 aliphatic rings. The zero-order valence-electron chi connectivity index (χ0n) is 9.14. The number of primary sulfonamides is 1. The van der Waals surface area contributed by atoms with E-state index in [-0.39, 0.29) is 5.75 Å². The Morgan fingerprint density at radius 3 is 2.62 bits per heavy atom. The number of anilines is 1. The van der Waals surface area contributed by atoms with Gasteiger partial charge in [0.2, 0.25) is 10.0 Å². The van der Waals surface area contributed by atoms with Crippen LogP contribution < -0.4 is 15.6 Å². The molecule has 0 aromatic heterocycles. The molecule has 0 amide bonds. The molecular formula is C10H16N2O3S. The van der Waals surface area contributed by atoms with E-state index in [0.29, 0.717) is 23.6 Å². The lowest BCUT2D eigenvalue weighted by Gasteiger charge is -2.12. The number of para-hydroxylation sites is 1. The number of nitrogens with two attached hydrogens (primary N) is 2. The predicted molar refractivity (Wildman–Crippen MR) is 63.5 cm³/mol. The van der Waals surface area contributed by atoms with E-state index in [1.807, 2.05) is 6.92 Å². The average Bonchev–Trinajstić information content (AvgIpc) is 2.14. The van der Waals surface area contributed by atoms with Crippen molar-refractivity contribution in [1.29, 1.82) is 0 Å². The minimum Gasteiger partial charge on any atom is -0.491 e. The summed E-state index contributed by atoms with van der Waals surface area (Å²) in [6.07, 6.45) is 0.823. The summed E-state index contributed by atoms with van der Waals surface area (Å²) in [7, 11) is -3.58. The Morgan fingerprint density at radius 2 is 2.06 bits per heavy atom. The molecule has 6 heteroatoms. The Kier molecular flexibility index (Phi) is 4.14. The lowest BCUT2D eigenvalue weighted by Crippen LogP contribution is -2.15. The maximum atomic E-state index is 11.0. The van der Waals surface area contributed by atoms with Crippen LogP contribution >= 0.6 is 0 Å². The molecule has 0 atom stereocenters. The van der Waals surface area contributed by atoms with E-state index < -0.39 is 10.0 Å². The Labute approximate surface area is 95.4 Å². The Hall–Kier alpha value is -1.27. The first-order valence-electron chi connectivity index (χ1n) is 4.94. The fraction of sp³-hybridized carbons (Fsp3) is 0.400. The molecular weight excluding hydrogens is 228 g/mol. The van der Waals surface area contributed by atoms with Gasteiger partial charge in [0.25, 0.3) is 0 Å². The highest BCUT2D eigenvalue weighted by Crippen LogP contribution is 2.27. The topological polar surface area (TPSA) is 95.4 Å². The minimum absolute atomic E-state index is 0.267. The molecule has 0 radical (unpaired) electrons. The van der Waals surface area contributed by atoms with Gasteiger partial charge in [0.15, 0.2) is 0 Å². The number of hydrogen-bond donors (Lipinski definition) is 2. The van der Waals surface area contributed by atoms with Crippen LogP contribution in [0.4, 0.5) is 5.69 Å². The van der Waals surface area contributed by atoms with E-state index in [1.165, 1.54) is 0 Å². The molecule has 0 aliphatic heterocycles. The first-order valence-corrected chi connectivity index (χ1v) is 6.66. The largest absolute Gasteiger partial charge is 0.491 e. The van der Waals surface area contributed by atoms with Gasteiger partial charge < -0.3 is 10.5 Å². The van der Waals surface area contributed by atoms with Crippen molar-refractivity contribution in [1.82, 2.24) is 0 Å². The average molecular weight is 244 g/mol. The van der Waals surface area contributed by atoms with Gasteiger partial charge in [-0.1, -0.05) is 19.1 Å². The lowest BCUT2D eigenvalue weighted by molar-refractivity contribution is 0.316. The van der Waals surface area contributed by atoms with Crippen molar-refractivity contribution in [3.8, 4) is 5.75 Å². The summed E-state index contributed by atoms with van der Waals surface area (Å²) in [4.78, 5) is 0. The molecule has 0 fully saturated rings. The van der Waals surface area contributed by atoms with Crippen molar-refractivity contribution in [2.75, 3.05) is 12.3 Å². The minimum atomic E-state index is -3.58. The maximum Gasteiger partial charge on any atom is 0.213 e. The Morgan fingerprint density at radius 1 is 1.38 bits per heavy atom. The molecule has 0 unspecified atom stereocenters. The standard InChI is InChI=1S/C10H16N2O3S/c1-2-6-15-10-8(7-16(12,13)14)4-3-5-9(10)11/h3-5H,2,6-7,11H2,1H3,(H2,12,13,14). The Bertz CT molecular complexity index is 457. The summed E-state index contributed by atoms with van der Waals surface area (Å²) >= 11 is 0. The fourth-order valence-electron chi connectivity index (χ4n) is 1.32. The summed E-state index contributed by atoms with van der Waals surface area (Å²) in [5.41, 5.74) is 6.64. The van der Waals surface area contributed by atoms with Gasteiger partial charge >= 0.3 is 0 Å². The molecule has 4 N–H and O–H groups in total. The normalized spacial score (nSPS) is 11.4. The van der Waals surface area contributed by atoms with Crippen LogP contribution in [0.2, 0.25) is 0 Å². The molecule has 1 aromatic carbocycles. The van der Waals surface area contributed by atoms with Crippen molar-refractivity contribution in [3.63, 3.8) is 0 Å². The van der Waals surface area contributed by atoms with Crippen LogP contribution in [0.25, 0.3) is 0 Å². The summed E-state index contributed by atoms with van der Waals surface area (Å²) in [5.74, 6) is 0.148. The quantitative estimate of drug-likeness (QED) is 0.750. The molecule has 0 spiro atoms. The smallest absolute Gasteiger partial charge is 0.213 e. The summed E-state index contributed by atoms with van der Waals surface area (Å²) < 4.78 is 27.5. The van der Waals surface area contributed by atoms with Gasteiger partial charge in [-0.3, -0.25) is 0 Å². The van der Waals surface area contributed by atoms with Crippen molar-refractivity contribution < 1.29 is 13.2 Å². The molecule has 1 rings (SSSR count). The van der Waals surface area contributed by atoms with Gasteiger partial charge in [-0.2, -0.15) is 0 Å². The van der Waals surface area contributed by atoms with Gasteiger partial charge in [-0.05, 0) is 12.5 Å². The lowest BCUT2D eigenvalue weighted by atomic mass is 10.2. The molecule has 1 aromatic rings. The number of ether oxygens (including phenoxy) is 1. The second-order valence-electron chi connectivity index (χ2n) is 3.49. The second-order valence-corrected chi connectivity index (χ2v) is 5.11. The molecule has 0 bridgehead atoms. The number of sulfonamides is 1. The number of rotatable bonds is 5. The monoisotopic (exact) mass is 244 g/mol. The van der Waals surface area contributed by atoms with E-state index in [2.05, 4.69) is 0 Å². The fourth-order valence-corrected chi connectivity index (χ4v) is 1.98. The molecule has 0 saturated carbocycles. The van der Waals surface area contributed by atoms with Crippen LogP contribution in [-0.4, -0.2) is 15.0 Å². The number of nitrogen functional groups attached to an aromatic ring is 1. The van der Waals surface area contributed by atoms with Crippen molar-refractivity contribution in [3.05, 3.63) is 23.8 Å². The van der Waals surface area contributed by atoms with Gasteiger partial charge in [0.1, 0.15) is 5.75 Å². The van der Waals surface area contributed by atoms with E-state index in [9.17, 15) is 8.42 Å². The van der Waals surface area contributed by atoms with E-state index >= 15 is 0 Å². The third-order valence-corrected chi connectivity index (χ3v) is 2.65. The molecule has 0 heterocycles. The number of hydrogen-bond acceptors (Lipinski definition) is 4. The predicted octanol–water partition coefficient (Wildman–Crippen LogP) is 0.846. The first kappa shape index (κ1) is 12.8. The van der Waals surface area contributed by atoms with Gasteiger partial charge in [-0.15, -0.1) is 0 Å². The molecule has 16 heavy (non-hydrogen) atoms. The zero-order chi connectivity index (χ0) is 12.2. The zero-order valence-corrected chi connectivity index (χ0v) is 9.96. The highest BCUT2D eigenvalue weighted by molar-refractivity contribution is 7.88. The van der Waals surface area contributed by atoms with Crippen LogP contribution in [0.5, 0.6) is 5.75 Å². The van der Waals surface area contributed by atoms with Crippen molar-refractivity contribution in [2.45, 2.75) is 19.1 Å². The number of benzene rings is 1. The van der Waals surface area contributed by atoms with Crippen molar-refractivity contribution >= 4 is 15.7 Å². The highest BCUT2D eigenvalue weighted by atomic mass is 32.2. The second kappa shape index (κ2) is 5.18. The highest BCUT2D eigenvalue weighted by Gasteiger charge is 2.12.